The van der Waals surface area contributed by atoms with Gasteiger partial charge < -0.3 is 10.3 Å². The first kappa shape index (κ1) is 11.0. The summed E-state index contributed by atoms with van der Waals surface area (Å²) in [6, 6.07) is 6.23. The molecule has 3 aromatic rings. The van der Waals surface area contributed by atoms with Crippen LogP contribution in [0.25, 0.3) is 22.2 Å². The monoisotopic (exact) mass is 241 g/mol. The van der Waals surface area contributed by atoms with Gasteiger partial charge >= 0.3 is 0 Å². The van der Waals surface area contributed by atoms with E-state index in [9.17, 15) is 0 Å². The number of nitrogens with zero attached hydrogens (tertiary/aromatic N) is 4. The Morgan fingerprint density at radius 1 is 1.28 bits per heavy atom. The molecule has 0 bridgehead atoms. The Hall–Kier alpha value is -2.14. The first-order valence-electron chi connectivity index (χ1n) is 5.83. The first-order chi connectivity index (χ1) is 8.70. The lowest BCUT2D eigenvalue weighted by Gasteiger charge is -2.04. The first-order valence-corrected chi connectivity index (χ1v) is 5.83. The molecule has 2 aromatic heterocycles. The molecule has 0 aliphatic rings. The van der Waals surface area contributed by atoms with Crippen molar-refractivity contribution >= 4 is 11.0 Å². The maximum atomic E-state index is 5.77. The number of hydrogen-bond acceptors (Lipinski definition) is 3. The SMILES string of the molecule is Cn1ncc(-c2ccc3c(c2)ncn3C)c1CN. The van der Waals surface area contributed by atoms with Crippen molar-refractivity contribution in [2.75, 3.05) is 0 Å². The summed E-state index contributed by atoms with van der Waals surface area (Å²) in [4.78, 5) is 4.37. The lowest BCUT2D eigenvalue weighted by atomic mass is 10.1. The molecule has 5 nitrogen and oxygen atoms in total. The van der Waals surface area contributed by atoms with Crippen molar-refractivity contribution in [1.29, 1.82) is 0 Å². The van der Waals surface area contributed by atoms with Crippen molar-refractivity contribution in [1.82, 2.24) is 19.3 Å². The predicted molar refractivity (Wildman–Crippen MR) is 70.8 cm³/mol. The summed E-state index contributed by atoms with van der Waals surface area (Å²) in [6.07, 6.45) is 3.67. The Bertz CT molecular complexity index is 707. The number of imidazole rings is 1. The Labute approximate surface area is 105 Å². The van der Waals surface area contributed by atoms with Gasteiger partial charge in [-0.25, -0.2) is 4.98 Å². The van der Waals surface area contributed by atoms with E-state index in [-0.39, 0.29) is 0 Å². The zero-order valence-electron chi connectivity index (χ0n) is 10.5. The molecule has 3 rings (SSSR count). The van der Waals surface area contributed by atoms with Gasteiger partial charge in [-0.1, -0.05) is 6.07 Å². The van der Waals surface area contributed by atoms with E-state index >= 15 is 0 Å². The van der Waals surface area contributed by atoms with Crippen molar-refractivity contribution < 1.29 is 0 Å². The van der Waals surface area contributed by atoms with E-state index < -0.39 is 0 Å². The van der Waals surface area contributed by atoms with Gasteiger partial charge in [-0.15, -0.1) is 0 Å². The van der Waals surface area contributed by atoms with Crippen molar-refractivity contribution in [3.63, 3.8) is 0 Å². The van der Waals surface area contributed by atoms with Crippen molar-refractivity contribution in [3.05, 3.63) is 36.4 Å². The molecule has 0 saturated carbocycles. The molecule has 0 saturated heterocycles. The molecule has 0 atom stereocenters. The summed E-state index contributed by atoms with van der Waals surface area (Å²) in [5.74, 6) is 0. The van der Waals surface area contributed by atoms with Crippen LogP contribution >= 0.6 is 0 Å². The smallest absolute Gasteiger partial charge is 0.0955 e. The fourth-order valence-corrected chi connectivity index (χ4v) is 2.25. The maximum absolute atomic E-state index is 5.77. The molecule has 0 unspecified atom stereocenters. The highest BCUT2D eigenvalue weighted by Gasteiger charge is 2.10. The van der Waals surface area contributed by atoms with Crippen molar-refractivity contribution in [2.45, 2.75) is 6.54 Å². The predicted octanol–water partition coefficient (Wildman–Crippen LogP) is 1.43. The summed E-state index contributed by atoms with van der Waals surface area (Å²) in [6.45, 7) is 0.478. The summed E-state index contributed by atoms with van der Waals surface area (Å²) >= 11 is 0. The van der Waals surface area contributed by atoms with Crippen molar-refractivity contribution in [2.24, 2.45) is 19.8 Å². The topological polar surface area (TPSA) is 61.7 Å². The normalized spacial score (nSPS) is 11.3. The number of benzene rings is 1. The average molecular weight is 241 g/mol. The maximum Gasteiger partial charge on any atom is 0.0955 e. The Morgan fingerprint density at radius 2 is 2.11 bits per heavy atom. The minimum Gasteiger partial charge on any atom is -0.334 e. The second kappa shape index (κ2) is 3.96. The van der Waals surface area contributed by atoms with E-state index in [1.165, 1.54) is 0 Å². The van der Waals surface area contributed by atoms with Gasteiger partial charge in [0.15, 0.2) is 0 Å². The van der Waals surface area contributed by atoms with Gasteiger partial charge in [0, 0.05) is 26.2 Å². The number of nitrogens with two attached hydrogens (primary N) is 1. The van der Waals surface area contributed by atoms with Crippen LogP contribution in [-0.2, 0) is 20.6 Å². The summed E-state index contributed by atoms with van der Waals surface area (Å²) in [5.41, 5.74) is 11.1. The van der Waals surface area contributed by atoms with E-state index in [1.807, 2.05) is 35.9 Å². The van der Waals surface area contributed by atoms with E-state index in [0.29, 0.717) is 6.54 Å². The summed E-state index contributed by atoms with van der Waals surface area (Å²) in [7, 11) is 3.90. The zero-order valence-corrected chi connectivity index (χ0v) is 10.5. The molecule has 0 amide bonds. The summed E-state index contributed by atoms with van der Waals surface area (Å²) in [5, 5.41) is 4.26. The fourth-order valence-electron chi connectivity index (χ4n) is 2.25. The fraction of sp³-hybridized carbons (Fsp3) is 0.231. The molecule has 0 fully saturated rings. The summed E-state index contributed by atoms with van der Waals surface area (Å²) < 4.78 is 3.82. The number of rotatable bonds is 2. The average Bonchev–Trinajstić information content (AvgIpc) is 2.93. The van der Waals surface area contributed by atoms with Gasteiger partial charge in [-0.05, 0) is 17.7 Å². The third-order valence-corrected chi connectivity index (χ3v) is 3.29. The molecule has 5 heteroatoms. The third kappa shape index (κ3) is 1.52. The van der Waals surface area contributed by atoms with Crippen LogP contribution in [-0.4, -0.2) is 19.3 Å². The number of aryl methyl sites for hydroxylation is 2. The Balaban J connectivity index is 2.19. The molecule has 92 valence electrons. The van der Waals surface area contributed by atoms with Crippen LogP contribution in [0.3, 0.4) is 0 Å². The van der Waals surface area contributed by atoms with Crippen LogP contribution in [0.5, 0.6) is 0 Å². The zero-order chi connectivity index (χ0) is 12.7. The molecule has 0 aliphatic heterocycles. The van der Waals surface area contributed by atoms with Gasteiger partial charge in [0.05, 0.1) is 29.3 Å². The quantitative estimate of drug-likeness (QED) is 0.738. The van der Waals surface area contributed by atoms with Gasteiger partial charge in [0.2, 0.25) is 0 Å². The van der Waals surface area contributed by atoms with Crippen LogP contribution in [0.4, 0.5) is 0 Å². The molecule has 0 aliphatic carbocycles. The van der Waals surface area contributed by atoms with Crippen LogP contribution in [0.15, 0.2) is 30.7 Å². The van der Waals surface area contributed by atoms with E-state index in [4.69, 9.17) is 5.73 Å². The minimum absolute atomic E-state index is 0.478. The van der Waals surface area contributed by atoms with Gasteiger partial charge in [-0.3, -0.25) is 4.68 Å². The molecule has 2 heterocycles. The molecule has 2 N–H and O–H groups in total. The van der Waals surface area contributed by atoms with Crippen LogP contribution in [0.2, 0.25) is 0 Å². The number of hydrogen-bond donors (Lipinski definition) is 1. The third-order valence-electron chi connectivity index (χ3n) is 3.29. The highest BCUT2D eigenvalue weighted by Crippen LogP contribution is 2.26. The number of fused-ring (bicyclic) bond motifs is 1. The van der Waals surface area contributed by atoms with Crippen LogP contribution in [0.1, 0.15) is 5.69 Å². The van der Waals surface area contributed by atoms with Gasteiger partial charge in [-0.2, -0.15) is 5.10 Å². The van der Waals surface area contributed by atoms with Crippen LogP contribution < -0.4 is 5.73 Å². The van der Waals surface area contributed by atoms with E-state index in [1.54, 1.807) is 0 Å². The minimum atomic E-state index is 0.478. The Kier molecular flexibility index (Phi) is 2.41. The van der Waals surface area contributed by atoms with Gasteiger partial charge in [0.25, 0.3) is 0 Å². The largest absolute Gasteiger partial charge is 0.334 e. The lowest BCUT2D eigenvalue weighted by molar-refractivity contribution is 0.713. The molecule has 0 radical (unpaired) electrons. The van der Waals surface area contributed by atoms with E-state index in [2.05, 4.69) is 28.3 Å². The molecular formula is C13H15N5. The highest BCUT2D eigenvalue weighted by atomic mass is 15.3. The Morgan fingerprint density at radius 3 is 2.89 bits per heavy atom. The highest BCUT2D eigenvalue weighted by molar-refractivity contribution is 5.82. The van der Waals surface area contributed by atoms with Gasteiger partial charge in [0.1, 0.15) is 0 Å². The molecule has 18 heavy (non-hydrogen) atoms. The number of aromatic nitrogens is 4. The second-order valence-corrected chi connectivity index (χ2v) is 4.39. The van der Waals surface area contributed by atoms with E-state index in [0.717, 1.165) is 27.9 Å². The van der Waals surface area contributed by atoms with Crippen molar-refractivity contribution in [3.8, 4) is 11.1 Å². The van der Waals surface area contributed by atoms with Crippen LogP contribution in [0, 0.1) is 0 Å². The molecule has 0 spiro atoms. The molecular weight excluding hydrogens is 226 g/mol. The standard InChI is InChI=1S/C13H15N5/c1-17-8-15-11-5-9(3-4-12(11)17)10-7-16-18(2)13(10)6-14/h3-5,7-8H,6,14H2,1-2H3. The second-order valence-electron chi connectivity index (χ2n) is 4.39. The molecule has 1 aromatic carbocycles. The lowest BCUT2D eigenvalue weighted by Crippen LogP contribution is -2.05.